The minimum absolute atomic E-state index is 0. The van der Waals surface area contributed by atoms with Gasteiger partial charge in [-0.05, 0) is 44.5 Å². The van der Waals surface area contributed by atoms with E-state index in [4.69, 9.17) is 0 Å². The zero-order valence-electron chi connectivity index (χ0n) is 12.9. The normalized spacial score (nSPS) is 16.9. The summed E-state index contributed by atoms with van der Waals surface area (Å²) in [6, 6.07) is 10.0. The molecule has 5 nitrogen and oxygen atoms in total. The van der Waals surface area contributed by atoms with Crippen LogP contribution in [0.4, 0.5) is 5.82 Å². The predicted molar refractivity (Wildman–Crippen MR) is 97.5 cm³/mol. The lowest BCUT2D eigenvalue weighted by Gasteiger charge is -2.12. The van der Waals surface area contributed by atoms with Crippen molar-refractivity contribution < 1.29 is 4.79 Å². The third-order valence-electron chi connectivity index (χ3n) is 3.75. The van der Waals surface area contributed by atoms with Crippen molar-refractivity contribution in [3.8, 4) is 5.69 Å². The number of benzene rings is 1. The molecule has 0 aliphatic carbocycles. The molecule has 1 unspecified atom stereocenters. The molecule has 1 aromatic carbocycles. The maximum absolute atomic E-state index is 12.2. The van der Waals surface area contributed by atoms with E-state index in [0.29, 0.717) is 18.3 Å². The van der Waals surface area contributed by atoms with Crippen LogP contribution in [0, 0.1) is 6.92 Å². The number of hydrogen-bond donors (Lipinski definition) is 2. The van der Waals surface area contributed by atoms with E-state index in [2.05, 4.69) is 31.7 Å². The second kappa shape index (κ2) is 7.95. The minimum atomic E-state index is 0. The van der Waals surface area contributed by atoms with E-state index in [-0.39, 0.29) is 18.3 Å². The van der Waals surface area contributed by atoms with Gasteiger partial charge < -0.3 is 10.6 Å². The molecule has 1 amide bonds. The topological polar surface area (TPSA) is 59.0 Å². The smallest absolute Gasteiger partial charge is 0.227 e. The van der Waals surface area contributed by atoms with Crippen LogP contribution in [0.15, 0.2) is 34.8 Å². The van der Waals surface area contributed by atoms with Crippen LogP contribution in [-0.2, 0) is 4.79 Å². The maximum Gasteiger partial charge on any atom is 0.227 e. The van der Waals surface area contributed by atoms with Crippen LogP contribution in [0.3, 0.4) is 0 Å². The van der Waals surface area contributed by atoms with Gasteiger partial charge in [-0.1, -0.05) is 22.0 Å². The zero-order valence-corrected chi connectivity index (χ0v) is 15.3. The first-order valence-electron chi connectivity index (χ1n) is 7.47. The third kappa shape index (κ3) is 4.56. The summed E-state index contributed by atoms with van der Waals surface area (Å²) in [6.07, 6.45) is 2.72. The van der Waals surface area contributed by atoms with Crippen molar-refractivity contribution >= 4 is 40.1 Å². The number of amides is 1. The van der Waals surface area contributed by atoms with Crippen LogP contribution < -0.4 is 10.6 Å². The fourth-order valence-electron chi connectivity index (χ4n) is 2.74. The molecule has 0 saturated carbocycles. The Hall–Kier alpha value is -1.37. The van der Waals surface area contributed by atoms with Crippen molar-refractivity contribution in [2.24, 2.45) is 0 Å². The van der Waals surface area contributed by atoms with Gasteiger partial charge in [-0.2, -0.15) is 5.10 Å². The molecule has 0 radical (unpaired) electrons. The van der Waals surface area contributed by atoms with Crippen LogP contribution in [-0.4, -0.2) is 28.3 Å². The fourth-order valence-corrected chi connectivity index (χ4v) is 3.13. The molecular weight excluding hydrogens is 380 g/mol. The largest absolute Gasteiger partial charge is 0.313 e. The van der Waals surface area contributed by atoms with Crippen molar-refractivity contribution in [1.29, 1.82) is 0 Å². The Bertz CT molecular complexity index is 682. The second-order valence-electron chi connectivity index (χ2n) is 5.61. The number of anilines is 1. The Morgan fingerprint density at radius 3 is 3.00 bits per heavy atom. The summed E-state index contributed by atoms with van der Waals surface area (Å²) in [6.45, 7) is 2.93. The summed E-state index contributed by atoms with van der Waals surface area (Å²) in [5, 5.41) is 10.8. The molecule has 2 heterocycles. The SMILES string of the molecule is Cc1cc(NC(=O)CC2CCCN2)n(-c2cccc(Br)c2)n1.Cl. The summed E-state index contributed by atoms with van der Waals surface area (Å²) >= 11 is 3.46. The zero-order chi connectivity index (χ0) is 15.5. The lowest BCUT2D eigenvalue weighted by Crippen LogP contribution is -2.28. The average Bonchev–Trinajstić information content (AvgIpc) is 3.08. The molecule has 23 heavy (non-hydrogen) atoms. The Balaban J connectivity index is 0.00000192. The molecule has 1 aliphatic heterocycles. The molecule has 1 aromatic heterocycles. The van der Waals surface area contributed by atoms with Crippen molar-refractivity contribution in [3.05, 3.63) is 40.5 Å². The van der Waals surface area contributed by atoms with Crippen molar-refractivity contribution in [2.45, 2.75) is 32.2 Å². The van der Waals surface area contributed by atoms with Gasteiger partial charge >= 0.3 is 0 Å². The first-order chi connectivity index (χ1) is 10.6. The van der Waals surface area contributed by atoms with Gasteiger partial charge in [0.1, 0.15) is 5.82 Å². The van der Waals surface area contributed by atoms with E-state index in [0.717, 1.165) is 35.2 Å². The van der Waals surface area contributed by atoms with Gasteiger partial charge in [0.15, 0.2) is 0 Å². The van der Waals surface area contributed by atoms with E-state index in [9.17, 15) is 4.79 Å². The molecule has 2 N–H and O–H groups in total. The Labute approximate surface area is 150 Å². The summed E-state index contributed by atoms with van der Waals surface area (Å²) in [5.74, 6) is 0.731. The fraction of sp³-hybridized carbons (Fsp3) is 0.375. The summed E-state index contributed by atoms with van der Waals surface area (Å²) in [4.78, 5) is 12.2. The number of aryl methyl sites for hydroxylation is 1. The van der Waals surface area contributed by atoms with Crippen molar-refractivity contribution in [3.63, 3.8) is 0 Å². The Morgan fingerprint density at radius 2 is 2.30 bits per heavy atom. The van der Waals surface area contributed by atoms with E-state index < -0.39 is 0 Å². The van der Waals surface area contributed by atoms with Gasteiger partial charge in [0.2, 0.25) is 5.91 Å². The van der Waals surface area contributed by atoms with E-state index >= 15 is 0 Å². The first kappa shape index (κ1) is 18.0. The molecule has 0 spiro atoms. The van der Waals surface area contributed by atoms with Gasteiger partial charge in [0.05, 0.1) is 11.4 Å². The van der Waals surface area contributed by atoms with Gasteiger partial charge in [-0.3, -0.25) is 4.79 Å². The number of nitrogens with zero attached hydrogens (tertiary/aromatic N) is 2. The van der Waals surface area contributed by atoms with Crippen molar-refractivity contribution in [1.82, 2.24) is 15.1 Å². The monoisotopic (exact) mass is 398 g/mol. The number of rotatable bonds is 4. The molecule has 1 fully saturated rings. The van der Waals surface area contributed by atoms with Crippen LogP contribution in [0.2, 0.25) is 0 Å². The van der Waals surface area contributed by atoms with E-state index in [1.54, 1.807) is 4.68 Å². The molecule has 3 rings (SSSR count). The summed E-state index contributed by atoms with van der Waals surface area (Å²) < 4.78 is 2.74. The molecular formula is C16H20BrClN4O. The molecule has 1 saturated heterocycles. The number of hydrogen-bond acceptors (Lipinski definition) is 3. The molecule has 0 bridgehead atoms. The molecule has 7 heteroatoms. The highest BCUT2D eigenvalue weighted by Gasteiger charge is 2.19. The number of carbonyl (C=O) groups excluding carboxylic acids is 1. The maximum atomic E-state index is 12.2. The van der Waals surface area contributed by atoms with Crippen LogP contribution in [0.25, 0.3) is 5.69 Å². The average molecular weight is 400 g/mol. The van der Waals surface area contributed by atoms with Gasteiger partial charge in [0, 0.05) is 23.0 Å². The highest BCUT2D eigenvalue weighted by atomic mass is 79.9. The van der Waals surface area contributed by atoms with Crippen LogP contribution >= 0.6 is 28.3 Å². The Morgan fingerprint density at radius 1 is 1.48 bits per heavy atom. The number of aromatic nitrogens is 2. The van der Waals surface area contributed by atoms with Crippen LogP contribution in [0.1, 0.15) is 25.0 Å². The third-order valence-corrected chi connectivity index (χ3v) is 4.24. The summed E-state index contributed by atoms with van der Waals surface area (Å²) in [7, 11) is 0. The van der Waals surface area contributed by atoms with Gasteiger partial charge in [-0.15, -0.1) is 12.4 Å². The number of nitrogens with one attached hydrogen (secondary N) is 2. The number of carbonyl (C=O) groups is 1. The van der Waals surface area contributed by atoms with E-state index in [1.165, 1.54) is 0 Å². The molecule has 2 aromatic rings. The predicted octanol–water partition coefficient (Wildman–Crippen LogP) is 3.45. The second-order valence-corrected chi connectivity index (χ2v) is 6.52. The summed E-state index contributed by atoms with van der Waals surface area (Å²) in [5.41, 5.74) is 1.78. The van der Waals surface area contributed by atoms with Crippen molar-refractivity contribution in [2.75, 3.05) is 11.9 Å². The lowest BCUT2D eigenvalue weighted by molar-refractivity contribution is -0.116. The minimum Gasteiger partial charge on any atom is -0.313 e. The highest BCUT2D eigenvalue weighted by molar-refractivity contribution is 9.10. The Kier molecular flexibility index (Phi) is 6.21. The lowest BCUT2D eigenvalue weighted by atomic mass is 10.1. The molecule has 1 aliphatic rings. The number of halogens is 2. The quantitative estimate of drug-likeness (QED) is 0.828. The van der Waals surface area contributed by atoms with Gasteiger partial charge in [-0.25, -0.2) is 4.68 Å². The standard InChI is InChI=1S/C16H19BrN4O.ClH/c1-11-8-15(19-16(22)10-13-5-3-7-18-13)21(20-11)14-6-2-4-12(17)9-14;/h2,4,6,8-9,13,18H,3,5,7,10H2,1H3,(H,19,22);1H. The highest BCUT2D eigenvalue weighted by Crippen LogP contribution is 2.21. The van der Waals surface area contributed by atoms with E-state index in [1.807, 2.05) is 37.3 Å². The van der Waals surface area contributed by atoms with Crippen LogP contribution in [0.5, 0.6) is 0 Å². The molecule has 124 valence electrons. The first-order valence-corrected chi connectivity index (χ1v) is 8.27. The molecule has 1 atom stereocenters. The van der Waals surface area contributed by atoms with Gasteiger partial charge in [0.25, 0.3) is 0 Å².